The Kier molecular flexibility index (Phi) is 5.14. The van der Waals surface area contributed by atoms with E-state index >= 15 is 0 Å². The summed E-state index contributed by atoms with van der Waals surface area (Å²) in [5.41, 5.74) is 0. The van der Waals surface area contributed by atoms with Crippen molar-refractivity contribution in [3.05, 3.63) is 0 Å². The van der Waals surface area contributed by atoms with E-state index in [0.29, 0.717) is 11.8 Å². The predicted molar refractivity (Wildman–Crippen MR) is 52.2 cm³/mol. The largest absolute Gasteiger partial charge is 0.305 e. The van der Waals surface area contributed by atoms with Crippen LogP contribution in [0.5, 0.6) is 0 Å². The summed E-state index contributed by atoms with van der Waals surface area (Å²) in [6, 6.07) is 0.433. The molecule has 0 aliphatic heterocycles. The van der Waals surface area contributed by atoms with Crippen LogP contribution in [0.15, 0.2) is 0 Å². The van der Waals surface area contributed by atoms with Gasteiger partial charge in [0.25, 0.3) is 0 Å². The van der Waals surface area contributed by atoms with Gasteiger partial charge in [0.1, 0.15) is 0 Å². The van der Waals surface area contributed by atoms with Gasteiger partial charge in [-0.2, -0.15) is 0 Å². The van der Waals surface area contributed by atoms with Crippen LogP contribution in [-0.4, -0.2) is 17.9 Å². The van der Waals surface area contributed by atoms with Crippen molar-refractivity contribution in [2.75, 3.05) is 0 Å². The molecule has 2 heteroatoms. The Morgan fingerprint density at radius 3 is 2.08 bits per heavy atom. The highest BCUT2D eigenvalue weighted by Crippen LogP contribution is 2.01. The fourth-order valence-electron chi connectivity index (χ4n) is 1.13. The van der Waals surface area contributed by atoms with Gasteiger partial charge in [0.05, 0.1) is 6.04 Å². The number of Topliss-reactive ketones (excluding diaryl/α,β-unsaturated/α-hetero) is 1. The molecule has 0 rings (SSSR count). The van der Waals surface area contributed by atoms with Crippen molar-refractivity contribution < 1.29 is 4.79 Å². The zero-order valence-electron chi connectivity index (χ0n) is 8.85. The summed E-state index contributed by atoms with van der Waals surface area (Å²) < 4.78 is 0. The molecule has 0 saturated heterocycles. The summed E-state index contributed by atoms with van der Waals surface area (Å²) in [5.74, 6) is 0.437. The second-order valence-electron chi connectivity index (χ2n) is 3.75. The molecule has 0 aliphatic carbocycles. The molecule has 0 aromatic heterocycles. The second kappa shape index (κ2) is 5.31. The molecule has 12 heavy (non-hydrogen) atoms. The molecular weight excluding hydrogens is 150 g/mol. The first-order chi connectivity index (χ1) is 5.49. The van der Waals surface area contributed by atoms with Crippen molar-refractivity contribution in [1.29, 1.82) is 0 Å². The van der Waals surface area contributed by atoms with E-state index in [1.165, 1.54) is 0 Å². The Hall–Kier alpha value is -0.370. The number of hydrogen-bond donors (Lipinski definition) is 1. The summed E-state index contributed by atoms with van der Waals surface area (Å²) in [6.45, 7) is 10.0. The van der Waals surface area contributed by atoms with Gasteiger partial charge in [0.2, 0.25) is 0 Å². The predicted octanol–water partition coefficient (Wildman–Crippen LogP) is 1.99. The molecule has 0 amide bonds. The maximum absolute atomic E-state index is 11.4. The molecular formula is C10H21NO. The standard InChI is InChI=1S/C10H21NO/c1-6-8(4)11-9(5)10(12)7(2)3/h7-9,11H,6H2,1-5H3. The topological polar surface area (TPSA) is 29.1 Å². The van der Waals surface area contributed by atoms with Crippen molar-refractivity contribution in [1.82, 2.24) is 5.32 Å². The summed E-state index contributed by atoms with van der Waals surface area (Å²) in [7, 11) is 0. The van der Waals surface area contributed by atoms with Crippen LogP contribution >= 0.6 is 0 Å². The van der Waals surface area contributed by atoms with Crippen LogP contribution in [0.2, 0.25) is 0 Å². The molecule has 0 aliphatic rings. The minimum atomic E-state index is -0.0000463. The lowest BCUT2D eigenvalue weighted by Gasteiger charge is -2.19. The van der Waals surface area contributed by atoms with Gasteiger partial charge in [0, 0.05) is 12.0 Å². The fourth-order valence-corrected chi connectivity index (χ4v) is 1.13. The smallest absolute Gasteiger partial charge is 0.151 e. The van der Waals surface area contributed by atoms with E-state index in [1.54, 1.807) is 0 Å². The Morgan fingerprint density at radius 1 is 1.25 bits per heavy atom. The van der Waals surface area contributed by atoms with Crippen LogP contribution in [0, 0.1) is 5.92 Å². The molecule has 0 bridgehead atoms. The number of carbonyl (C=O) groups is 1. The normalized spacial score (nSPS) is 16.2. The minimum absolute atomic E-state index is 0.0000463. The average molecular weight is 171 g/mol. The van der Waals surface area contributed by atoms with Gasteiger partial charge >= 0.3 is 0 Å². The zero-order chi connectivity index (χ0) is 9.72. The van der Waals surface area contributed by atoms with E-state index in [2.05, 4.69) is 19.2 Å². The summed E-state index contributed by atoms with van der Waals surface area (Å²) >= 11 is 0. The van der Waals surface area contributed by atoms with E-state index in [1.807, 2.05) is 20.8 Å². The molecule has 1 N–H and O–H groups in total. The van der Waals surface area contributed by atoms with Crippen molar-refractivity contribution in [3.8, 4) is 0 Å². The lowest BCUT2D eigenvalue weighted by molar-refractivity contribution is -0.123. The minimum Gasteiger partial charge on any atom is -0.305 e. The SMILES string of the molecule is CCC(C)NC(C)C(=O)C(C)C. The highest BCUT2D eigenvalue weighted by molar-refractivity contribution is 5.85. The quantitative estimate of drug-likeness (QED) is 0.685. The number of ketones is 1. The molecule has 0 radical (unpaired) electrons. The molecule has 2 unspecified atom stereocenters. The monoisotopic (exact) mass is 171 g/mol. The number of rotatable bonds is 5. The van der Waals surface area contributed by atoms with Crippen molar-refractivity contribution in [3.63, 3.8) is 0 Å². The van der Waals surface area contributed by atoms with Crippen molar-refractivity contribution >= 4 is 5.78 Å². The third kappa shape index (κ3) is 3.86. The first-order valence-electron chi connectivity index (χ1n) is 4.78. The Labute approximate surface area is 75.7 Å². The van der Waals surface area contributed by atoms with Gasteiger partial charge in [-0.25, -0.2) is 0 Å². The van der Waals surface area contributed by atoms with E-state index in [0.717, 1.165) is 6.42 Å². The number of hydrogen-bond acceptors (Lipinski definition) is 2. The summed E-state index contributed by atoms with van der Waals surface area (Å²) in [6.07, 6.45) is 1.07. The molecule has 2 nitrogen and oxygen atoms in total. The third-order valence-electron chi connectivity index (χ3n) is 2.14. The molecule has 0 aromatic carbocycles. The third-order valence-corrected chi connectivity index (χ3v) is 2.14. The Balaban J connectivity index is 3.86. The van der Waals surface area contributed by atoms with E-state index in [4.69, 9.17) is 0 Å². The maximum Gasteiger partial charge on any atom is 0.151 e. The first kappa shape index (κ1) is 11.6. The highest BCUT2D eigenvalue weighted by Gasteiger charge is 2.16. The van der Waals surface area contributed by atoms with Crippen LogP contribution in [0.3, 0.4) is 0 Å². The Bertz CT molecular complexity index is 143. The van der Waals surface area contributed by atoms with Gasteiger partial charge in [-0.05, 0) is 20.3 Å². The molecule has 0 heterocycles. The van der Waals surface area contributed by atoms with Gasteiger partial charge in [-0.15, -0.1) is 0 Å². The van der Waals surface area contributed by atoms with Crippen LogP contribution < -0.4 is 5.32 Å². The average Bonchev–Trinajstić information content (AvgIpc) is 2.02. The van der Waals surface area contributed by atoms with Crippen LogP contribution in [0.25, 0.3) is 0 Å². The summed E-state index contributed by atoms with van der Waals surface area (Å²) in [4.78, 5) is 11.4. The summed E-state index contributed by atoms with van der Waals surface area (Å²) in [5, 5.41) is 3.26. The van der Waals surface area contributed by atoms with Gasteiger partial charge in [-0.3, -0.25) is 4.79 Å². The molecule has 0 aromatic rings. The lowest BCUT2D eigenvalue weighted by atomic mass is 10.0. The van der Waals surface area contributed by atoms with Crippen LogP contribution in [-0.2, 0) is 4.79 Å². The molecule has 0 saturated carbocycles. The van der Waals surface area contributed by atoms with Gasteiger partial charge in [0.15, 0.2) is 5.78 Å². The van der Waals surface area contributed by atoms with Crippen molar-refractivity contribution in [2.45, 2.75) is 53.1 Å². The Morgan fingerprint density at radius 2 is 1.75 bits per heavy atom. The maximum atomic E-state index is 11.4. The number of carbonyl (C=O) groups excluding carboxylic acids is 1. The van der Waals surface area contributed by atoms with Crippen molar-refractivity contribution in [2.24, 2.45) is 5.92 Å². The zero-order valence-corrected chi connectivity index (χ0v) is 8.85. The van der Waals surface area contributed by atoms with E-state index in [9.17, 15) is 4.79 Å². The lowest BCUT2D eigenvalue weighted by Crippen LogP contribution is -2.41. The highest BCUT2D eigenvalue weighted by atomic mass is 16.1. The first-order valence-corrected chi connectivity index (χ1v) is 4.78. The van der Waals surface area contributed by atoms with Crippen LogP contribution in [0.1, 0.15) is 41.0 Å². The fraction of sp³-hybridized carbons (Fsp3) is 0.900. The van der Waals surface area contributed by atoms with Gasteiger partial charge in [-0.1, -0.05) is 20.8 Å². The molecule has 0 fully saturated rings. The second-order valence-corrected chi connectivity index (χ2v) is 3.75. The molecule has 0 spiro atoms. The number of nitrogens with one attached hydrogen (secondary N) is 1. The van der Waals surface area contributed by atoms with Gasteiger partial charge < -0.3 is 5.32 Å². The molecule has 72 valence electrons. The van der Waals surface area contributed by atoms with E-state index < -0.39 is 0 Å². The molecule has 2 atom stereocenters. The van der Waals surface area contributed by atoms with E-state index in [-0.39, 0.29) is 12.0 Å². The van der Waals surface area contributed by atoms with Crippen LogP contribution in [0.4, 0.5) is 0 Å².